The van der Waals surface area contributed by atoms with Crippen LogP contribution in [0.2, 0.25) is 0 Å². The van der Waals surface area contributed by atoms with Gasteiger partial charge in [-0.1, -0.05) is 65.5 Å². The van der Waals surface area contributed by atoms with Gasteiger partial charge >= 0.3 is 0 Å². The first-order valence-electron chi connectivity index (χ1n) is 7.65. The molecule has 0 N–H and O–H groups in total. The van der Waals surface area contributed by atoms with Crippen LogP contribution in [0, 0.1) is 0 Å². The minimum atomic E-state index is -0.0443. The van der Waals surface area contributed by atoms with Crippen LogP contribution < -0.4 is 0 Å². The smallest absolute Gasteiger partial charge is 0.230 e. The lowest BCUT2D eigenvalue weighted by Gasteiger charge is -2.35. The molecule has 0 spiro atoms. The van der Waals surface area contributed by atoms with Crippen molar-refractivity contribution in [2.24, 2.45) is 0 Å². The highest BCUT2D eigenvalue weighted by Crippen LogP contribution is 2.26. The zero-order valence-corrected chi connectivity index (χ0v) is 13.8. The number of hydrogen-bond acceptors (Lipinski definition) is 1. The number of hydrogen-bond donors (Lipinski definition) is 0. The Kier molecular flexibility index (Phi) is 6.08. The highest BCUT2D eigenvalue weighted by Gasteiger charge is 2.28. The maximum Gasteiger partial charge on any atom is 0.230 e. The van der Waals surface area contributed by atoms with Crippen LogP contribution in [0.15, 0.2) is 30.3 Å². The first kappa shape index (κ1) is 15.6. The van der Waals surface area contributed by atoms with E-state index in [-0.39, 0.29) is 11.8 Å². The Balaban J connectivity index is 2.09. The van der Waals surface area contributed by atoms with Crippen LogP contribution in [-0.4, -0.2) is 28.7 Å². The van der Waals surface area contributed by atoms with E-state index < -0.39 is 0 Å². The molecule has 0 aliphatic heterocycles. The normalized spacial score (nSPS) is 17.7. The molecule has 2 nitrogen and oxygen atoms in total. The maximum absolute atomic E-state index is 12.8. The van der Waals surface area contributed by atoms with Gasteiger partial charge in [0.1, 0.15) is 0 Å². The van der Waals surface area contributed by atoms with Gasteiger partial charge < -0.3 is 4.90 Å². The zero-order chi connectivity index (χ0) is 14.4. The quantitative estimate of drug-likeness (QED) is 0.731. The molecule has 1 saturated carbocycles. The molecule has 0 bridgehead atoms. The summed E-state index contributed by atoms with van der Waals surface area (Å²) in [4.78, 5) is 15.0. The van der Waals surface area contributed by atoms with Crippen LogP contribution in [0.25, 0.3) is 0 Å². The van der Waals surface area contributed by atoms with E-state index in [1.54, 1.807) is 0 Å². The molecule has 1 fully saturated rings. The number of benzene rings is 1. The largest absolute Gasteiger partial charge is 0.338 e. The van der Waals surface area contributed by atoms with Crippen molar-refractivity contribution >= 4 is 21.8 Å². The van der Waals surface area contributed by atoms with Gasteiger partial charge in [0.2, 0.25) is 5.91 Å². The minimum absolute atomic E-state index is 0.0443. The van der Waals surface area contributed by atoms with E-state index in [2.05, 4.69) is 33.0 Å². The molecular formula is C17H24BrNO. The molecule has 0 saturated heterocycles. The van der Waals surface area contributed by atoms with Gasteiger partial charge in [0.05, 0.1) is 5.92 Å². The second-order valence-electron chi connectivity index (χ2n) is 5.64. The van der Waals surface area contributed by atoms with Crippen molar-refractivity contribution in [2.75, 3.05) is 11.9 Å². The standard InChI is InChI=1S/C17H24BrNO/c1-14(15-8-4-2-5-9-15)17(20)19(13-12-18)16-10-6-3-7-11-16/h2,4-5,8-9,14,16H,3,6-7,10-13H2,1H3. The van der Waals surface area contributed by atoms with Crippen molar-refractivity contribution in [1.29, 1.82) is 0 Å². The Morgan fingerprint density at radius 3 is 2.50 bits per heavy atom. The van der Waals surface area contributed by atoms with Crippen LogP contribution in [-0.2, 0) is 4.79 Å². The third-order valence-electron chi connectivity index (χ3n) is 4.29. The number of nitrogens with zero attached hydrogens (tertiary/aromatic N) is 1. The summed E-state index contributed by atoms with van der Waals surface area (Å²) in [7, 11) is 0. The summed E-state index contributed by atoms with van der Waals surface area (Å²) in [6, 6.07) is 10.6. The monoisotopic (exact) mass is 337 g/mol. The van der Waals surface area contributed by atoms with E-state index in [4.69, 9.17) is 0 Å². The molecule has 20 heavy (non-hydrogen) atoms. The number of alkyl halides is 1. The molecule has 1 aromatic rings. The van der Waals surface area contributed by atoms with Crippen LogP contribution in [0.4, 0.5) is 0 Å². The van der Waals surface area contributed by atoms with Crippen molar-refractivity contribution in [2.45, 2.75) is 51.0 Å². The summed E-state index contributed by atoms with van der Waals surface area (Å²) in [5.74, 6) is 0.236. The van der Waals surface area contributed by atoms with Gasteiger partial charge in [-0.3, -0.25) is 4.79 Å². The van der Waals surface area contributed by atoms with E-state index in [0.717, 1.165) is 17.4 Å². The van der Waals surface area contributed by atoms with Crippen molar-refractivity contribution in [1.82, 2.24) is 4.90 Å². The highest BCUT2D eigenvalue weighted by atomic mass is 79.9. The average molecular weight is 338 g/mol. The second-order valence-corrected chi connectivity index (χ2v) is 6.44. The summed E-state index contributed by atoms with van der Waals surface area (Å²) in [6.45, 7) is 2.85. The predicted molar refractivity (Wildman–Crippen MR) is 87.2 cm³/mol. The molecule has 1 aromatic carbocycles. The first-order valence-corrected chi connectivity index (χ1v) is 8.77. The average Bonchev–Trinajstić information content (AvgIpc) is 2.53. The summed E-state index contributed by atoms with van der Waals surface area (Å²) in [5, 5.41) is 0.858. The highest BCUT2D eigenvalue weighted by molar-refractivity contribution is 9.09. The fourth-order valence-corrected chi connectivity index (χ4v) is 3.47. The molecule has 110 valence electrons. The maximum atomic E-state index is 12.8. The van der Waals surface area contributed by atoms with Gasteiger partial charge in [-0.25, -0.2) is 0 Å². The van der Waals surface area contributed by atoms with Gasteiger partial charge in [0.25, 0.3) is 0 Å². The predicted octanol–water partition coefficient (Wildman–Crippen LogP) is 4.35. The van der Waals surface area contributed by atoms with E-state index in [1.165, 1.54) is 32.1 Å². The van der Waals surface area contributed by atoms with Crippen molar-refractivity contribution in [3.05, 3.63) is 35.9 Å². The topological polar surface area (TPSA) is 20.3 Å². The molecule has 1 amide bonds. The third kappa shape index (κ3) is 3.85. The van der Waals surface area contributed by atoms with E-state index >= 15 is 0 Å². The molecule has 0 aromatic heterocycles. The minimum Gasteiger partial charge on any atom is -0.338 e. The zero-order valence-electron chi connectivity index (χ0n) is 12.2. The number of carbonyl (C=O) groups is 1. The Hall–Kier alpha value is -0.830. The van der Waals surface area contributed by atoms with Crippen molar-refractivity contribution < 1.29 is 4.79 Å². The number of amides is 1. The fourth-order valence-electron chi connectivity index (χ4n) is 3.09. The molecule has 1 unspecified atom stereocenters. The lowest BCUT2D eigenvalue weighted by molar-refractivity contribution is -0.135. The third-order valence-corrected chi connectivity index (χ3v) is 4.65. The summed E-state index contributed by atoms with van der Waals surface area (Å²) < 4.78 is 0. The molecule has 3 heteroatoms. The molecular weight excluding hydrogens is 314 g/mol. The molecule has 0 radical (unpaired) electrons. The SMILES string of the molecule is CC(C(=O)N(CCBr)C1CCCCC1)c1ccccc1. The Labute approximate surface area is 130 Å². The van der Waals surface area contributed by atoms with Crippen LogP contribution in [0.1, 0.15) is 50.5 Å². The summed E-state index contributed by atoms with van der Waals surface area (Å²) >= 11 is 3.50. The van der Waals surface area contributed by atoms with Crippen LogP contribution >= 0.6 is 15.9 Å². The van der Waals surface area contributed by atoms with Crippen LogP contribution in [0.5, 0.6) is 0 Å². The fraction of sp³-hybridized carbons (Fsp3) is 0.588. The number of carbonyl (C=O) groups excluding carboxylic acids is 1. The van der Waals surface area contributed by atoms with Gasteiger partial charge in [-0.2, -0.15) is 0 Å². The van der Waals surface area contributed by atoms with Gasteiger partial charge in [0, 0.05) is 17.9 Å². The van der Waals surface area contributed by atoms with Gasteiger partial charge in [-0.15, -0.1) is 0 Å². The van der Waals surface area contributed by atoms with Crippen molar-refractivity contribution in [3.8, 4) is 0 Å². The van der Waals surface area contributed by atoms with Gasteiger partial charge in [0.15, 0.2) is 0 Å². The molecule has 1 atom stereocenters. The number of rotatable bonds is 5. The Morgan fingerprint density at radius 1 is 1.25 bits per heavy atom. The van der Waals surface area contributed by atoms with Gasteiger partial charge in [-0.05, 0) is 25.3 Å². The lowest BCUT2D eigenvalue weighted by atomic mass is 9.92. The number of halogens is 1. The van der Waals surface area contributed by atoms with E-state index in [9.17, 15) is 4.79 Å². The molecule has 2 rings (SSSR count). The first-order chi connectivity index (χ1) is 9.74. The molecule has 1 aliphatic rings. The van der Waals surface area contributed by atoms with Crippen molar-refractivity contribution in [3.63, 3.8) is 0 Å². The van der Waals surface area contributed by atoms with Crippen LogP contribution in [0.3, 0.4) is 0 Å². The summed E-state index contributed by atoms with van der Waals surface area (Å²) in [6.07, 6.45) is 6.18. The second kappa shape index (κ2) is 7.82. The Morgan fingerprint density at radius 2 is 1.90 bits per heavy atom. The molecule has 0 heterocycles. The van der Waals surface area contributed by atoms with E-state index in [1.807, 2.05) is 25.1 Å². The van der Waals surface area contributed by atoms with E-state index in [0.29, 0.717) is 6.04 Å². The Bertz CT molecular complexity index is 414. The summed E-state index contributed by atoms with van der Waals surface area (Å²) in [5.41, 5.74) is 1.12. The molecule has 1 aliphatic carbocycles. The lowest BCUT2D eigenvalue weighted by Crippen LogP contribution is -2.44.